The Hall–Kier alpha value is -3.66. The highest BCUT2D eigenvalue weighted by Gasteiger charge is 2.38. The molecule has 206 valence electrons. The van der Waals surface area contributed by atoms with Crippen LogP contribution in [-0.4, -0.2) is 46.1 Å². The first-order valence-corrected chi connectivity index (χ1v) is 12.1. The van der Waals surface area contributed by atoms with Crippen LogP contribution in [0.3, 0.4) is 0 Å². The Morgan fingerprint density at radius 2 is 1.50 bits per heavy atom. The van der Waals surface area contributed by atoms with Gasteiger partial charge in [-0.2, -0.15) is 13.2 Å². The molecule has 0 saturated heterocycles. The second kappa shape index (κ2) is 13.2. The van der Waals surface area contributed by atoms with Gasteiger partial charge in [-0.3, -0.25) is 14.9 Å². The van der Waals surface area contributed by atoms with Crippen molar-refractivity contribution in [2.75, 3.05) is 0 Å². The van der Waals surface area contributed by atoms with Crippen molar-refractivity contribution in [1.29, 1.82) is 0 Å². The van der Waals surface area contributed by atoms with Crippen LogP contribution < -0.4 is 11.1 Å². The smallest absolute Gasteiger partial charge is 0.475 e. The van der Waals surface area contributed by atoms with Gasteiger partial charge in [-0.25, -0.2) is 4.79 Å². The van der Waals surface area contributed by atoms with E-state index in [-0.39, 0.29) is 23.3 Å². The van der Waals surface area contributed by atoms with Crippen LogP contribution in [0.5, 0.6) is 0 Å². The first kappa shape index (κ1) is 30.6. The summed E-state index contributed by atoms with van der Waals surface area (Å²) in [7, 11) is 0. The van der Waals surface area contributed by atoms with E-state index in [2.05, 4.69) is 29.6 Å². The zero-order valence-corrected chi connectivity index (χ0v) is 21.7. The molecule has 0 saturated carbocycles. The van der Waals surface area contributed by atoms with Crippen molar-refractivity contribution in [3.63, 3.8) is 0 Å². The molecule has 0 aromatic heterocycles. The number of rotatable bonds is 8. The van der Waals surface area contributed by atoms with Crippen LogP contribution in [0, 0.1) is 5.41 Å². The number of carboxylic acid groups (broad SMARTS) is 1. The molecule has 10 heteroatoms. The Labute approximate surface area is 220 Å². The van der Waals surface area contributed by atoms with Crippen LogP contribution in [-0.2, 0) is 33.9 Å². The number of nitrogens with zero attached hydrogens (tertiary/aromatic N) is 1. The van der Waals surface area contributed by atoms with Crippen molar-refractivity contribution < 1.29 is 32.7 Å². The highest BCUT2D eigenvalue weighted by molar-refractivity contribution is 5.88. The summed E-state index contributed by atoms with van der Waals surface area (Å²) >= 11 is 0. The maximum Gasteiger partial charge on any atom is 0.490 e. The number of fused-ring (bicyclic) bond motifs is 1. The molecule has 2 aromatic rings. The molecule has 7 nitrogen and oxygen atoms in total. The molecule has 3 rings (SSSR count). The van der Waals surface area contributed by atoms with E-state index in [0.717, 1.165) is 12.8 Å². The predicted molar refractivity (Wildman–Crippen MR) is 138 cm³/mol. The van der Waals surface area contributed by atoms with Gasteiger partial charge in [0.05, 0.1) is 6.04 Å². The van der Waals surface area contributed by atoms with Gasteiger partial charge in [-0.15, -0.1) is 0 Å². The van der Waals surface area contributed by atoms with E-state index >= 15 is 0 Å². The van der Waals surface area contributed by atoms with Gasteiger partial charge in [0.1, 0.15) is 0 Å². The quantitative estimate of drug-likeness (QED) is 0.440. The molecular formula is C28H34F3N3O4. The van der Waals surface area contributed by atoms with E-state index in [9.17, 15) is 22.8 Å². The van der Waals surface area contributed by atoms with Crippen molar-refractivity contribution in [2.24, 2.45) is 11.1 Å². The molecule has 1 aliphatic heterocycles. The Morgan fingerprint density at radius 1 is 1.00 bits per heavy atom. The van der Waals surface area contributed by atoms with E-state index in [1.807, 2.05) is 62.1 Å². The maximum atomic E-state index is 12.8. The van der Waals surface area contributed by atoms with E-state index in [0.29, 0.717) is 13.1 Å². The van der Waals surface area contributed by atoms with E-state index in [1.165, 1.54) is 16.7 Å². The van der Waals surface area contributed by atoms with Crippen molar-refractivity contribution in [3.8, 4) is 0 Å². The second-order valence-electron chi connectivity index (χ2n) is 10.1. The molecule has 0 bridgehead atoms. The average molecular weight is 534 g/mol. The number of nitrogens with one attached hydrogen (secondary N) is 1. The van der Waals surface area contributed by atoms with Crippen LogP contribution in [0.2, 0.25) is 0 Å². The summed E-state index contributed by atoms with van der Waals surface area (Å²) < 4.78 is 31.7. The lowest BCUT2D eigenvalue weighted by Crippen LogP contribution is -2.53. The summed E-state index contributed by atoms with van der Waals surface area (Å²) in [5.74, 6) is -3.16. The van der Waals surface area contributed by atoms with Crippen LogP contribution in [0.1, 0.15) is 43.9 Å². The third-order valence-electron chi connectivity index (χ3n) is 5.98. The first-order chi connectivity index (χ1) is 17.7. The molecule has 2 aromatic carbocycles. The Bertz CT molecular complexity index is 1100. The minimum absolute atomic E-state index is 0.0194. The van der Waals surface area contributed by atoms with Gasteiger partial charge in [-0.1, -0.05) is 81.4 Å². The molecule has 0 aliphatic carbocycles. The highest BCUT2D eigenvalue weighted by atomic mass is 19.4. The fraction of sp³-hybridized carbons (Fsp3) is 0.393. The third kappa shape index (κ3) is 9.66. The third-order valence-corrected chi connectivity index (χ3v) is 5.98. The van der Waals surface area contributed by atoms with Crippen molar-refractivity contribution in [2.45, 2.75) is 65.0 Å². The van der Waals surface area contributed by atoms with Gasteiger partial charge in [0.15, 0.2) is 0 Å². The summed E-state index contributed by atoms with van der Waals surface area (Å²) in [6.07, 6.45) is 0.0287. The summed E-state index contributed by atoms with van der Waals surface area (Å²) in [4.78, 5) is 35.7. The molecule has 0 spiro atoms. The molecule has 1 heterocycles. The number of carbonyl (C=O) groups excluding carboxylic acids is 2. The highest BCUT2D eigenvalue weighted by Crippen LogP contribution is 2.23. The number of amides is 2. The lowest BCUT2D eigenvalue weighted by molar-refractivity contribution is -0.192. The predicted octanol–water partition coefficient (Wildman–Crippen LogP) is 4.21. The maximum absolute atomic E-state index is 12.8. The second-order valence-corrected chi connectivity index (χ2v) is 10.1. The Kier molecular flexibility index (Phi) is 10.6. The molecule has 4 N–H and O–H groups in total. The molecule has 0 unspecified atom stereocenters. The summed E-state index contributed by atoms with van der Waals surface area (Å²) in [5.41, 5.74) is 8.97. The molecule has 2 amide bonds. The Balaban J connectivity index is 0.000000638. The van der Waals surface area contributed by atoms with Crippen molar-refractivity contribution >= 4 is 17.8 Å². The van der Waals surface area contributed by atoms with Gasteiger partial charge in [-0.05, 0) is 34.9 Å². The number of carbonyl (C=O) groups is 3. The van der Waals surface area contributed by atoms with E-state index in [1.54, 1.807) is 6.08 Å². The molecule has 0 fully saturated rings. The van der Waals surface area contributed by atoms with Gasteiger partial charge in [0.2, 0.25) is 11.8 Å². The monoisotopic (exact) mass is 533 g/mol. The zero-order valence-electron chi connectivity index (χ0n) is 21.7. The number of aryl methyl sites for hydroxylation is 1. The summed E-state index contributed by atoms with van der Waals surface area (Å²) in [6, 6.07) is 17.7. The van der Waals surface area contributed by atoms with Crippen LogP contribution in [0.4, 0.5) is 13.2 Å². The number of hydrogen-bond acceptors (Lipinski definition) is 4. The minimum Gasteiger partial charge on any atom is -0.475 e. The average Bonchev–Trinajstić information content (AvgIpc) is 3.27. The molecule has 0 radical (unpaired) electrons. The lowest BCUT2D eigenvalue weighted by atomic mass is 9.85. The number of carboxylic acids is 1. The van der Waals surface area contributed by atoms with Gasteiger partial charge < -0.3 is 15.7 Å². The minimum atomic E-state index is -5.08. The van der Waals surface area contributed by atoms with Crippen molar-refractivity contribution in [1.82, 2.24) is 10.2 Å². The summed E-state index contributed by atoms with van der Waals surface area (Å²) in [5, 5.41) is 10.5. The van der Waals surface area contributed by atoms with E-state index < -0.39 is 18.2 Å². The number of nitrogens with two attached hydrogens (primary N) is 1. The van der Waals surface area contributed by atoms with Crippen LogP contribution >= 0.6 is 0 Å². The molecule has 1 aliphatic rings. The lowest BCUT2D eigenvalue weighted by Gasteiger charge is -2.32. The summed E-state index contributed by atoms with van der Waals surface area (Å²) in [6.45, 7) is 7.22. The van der Waals surface area contributed by atoms with Gasteiger partial charge in [0, 0.05) is 25.2 Å². The zero-order chi connectivity index (χ0) is 28.5. The molecule has 2 atom stereocenters. The molecule has 38 heavy (non-hydrogen) atoms. The van der Waals surface area contributed by atoms with Gasteiger partial charge in [0.25, 0.3) is 0 Å². The first-order valence-electron chi connectivity index (χ1n) is 12.1. The largest absolute Gasteiger partial charge is 0.490 e. The van der Waals surface area contributed by atoms with Gasteiger partial charge >= 0.3 is 12.1 Å². The number of aliphatic carboxylic acids is 1. The number of alkyl halides is 3. The number of halogens is 3. The van der Waals surface area contributed by atoms with Crippen LogP contribution in [0.25, 0.3) is 0 Å². The van der Waals surface area contributed by atoms with E-state index in [4.69, 9.17) is 15.6 Å². The number of primary amides is 1. The van der Waals surface area contributed by atoms with Crippen LogP contribution in [0.15, 0.2) is 66.7 Å². The fourth-order valence-electron chi connectivity index (χ4n) is 3.97. The fourth-order valence-corrected chi connectivity index (χ4v) is 3.97. The van der Waals surface area contributed by atoms with Crippen molar-refractivity contribution in [3.05, 3.63) is 83.4 Å². The standard InChI is InChI=1S/C26H33N3O2.C2HF3O2/c1-26(2,3)24(25(27)31)28-22(14-13-19-9-5-4-6-10-19)15-16-23(30)29-17-20-11-7-8-12-21(20)18-29;3-2(4,5)1(6)7/h4-12,15-16,22,24,28H,13-14,17-18H2,1-3H3,(H2,27,31);(H,6,7)/b16-15+;/t22-,24+;/m0./s1. The topological polar surface area (TPSA) is 113 Å². The number of hydrogen-bond donors (Lipinski definition) is 3. The number of benzene rings is 2. The SMILES string of the molecule is CC(C)(C)[C@H](N[C@H](/C=C/C(=O)N1Cc2ccccc2C1)CCc1ccccc1)C(N)=O.O=C(O)C(F)(F)F. The normalized spacial score (nSPS) is 14.8. The Morgan fingerprint density at radius 3 is 1.95 bits per heavy atom. The molecular weight excluding hydrogens is 499 g/mol.